The number of hydrogen-bond donors (Lipinski definition) is 2. The standard InChI is InChI=1S/C32H54N4P2/c1-21(2)25-17-15-18-26(22(3)4)29(25)33-37-35(31(9,10)11)38(36(37)32(12,13)14)34-30-27(23(5)6)19-16-20-28(30)24(7)8/h15-24,33-34H,1-14H3. The third kappa shape index (κ3) is 6.41. The van der Waals surface area contributed by atoms with Gasteiger partial charge in [-0.3, -0.25) is 0 Å². The molecule has 0 amide bonds. The molecule has 2 aromatic carbocycles. The highest BCUT2D eigenvalue weighted by Gasteiger charge is 2.57. The van der Waals surface area contributed by atoms with E-state index in [1.807, 2.05) is 0 Å². The molecule has 212 valence electrons. The highest BCUT2D eigenvalue weighted by Crippen LogP contribution is 2.80. The molecule has 38 heavy (non-hydrogen) atoms. The summed E-state index contributed by atoms with van der Waals surface area (Å²) in [5.74, 6) is 1.85. The summed E-state index contributed by atoms with van der Waals surface area (Å²) in [6.07, 6.45) is 0. The minimum Gasteiger partial charge on any atom is -0.339 e. The van der Waals surface area contributed by atoms with Crippen LogP contribution in [0.3, 0.4) is 0 Å². The van der Waals surface area contributed by atoms with Crippen LogP contribution < -0.4 is 10.2 Å². The average molecular weight is 557 g/mol. The molecule has 2 N–H and O–H groups in total. The van der Waals surface area contributed by atoms with Crippen molar-refractivity contribution in [1.29, 1.82) is 0 Å². The zero-order valence-electron chi connectivity index (χ0n) is 26.6. The summed E-state index contributed by atoms with van der Waals surface area (Å²) >= 11 is 0. The predicted molar refractivity (Wildman–Crippen MR) is 174 cm³/mol. The normalized spacial score (nSPS) is 19.5. The first-order chi connectivity index (χ1) is 17.5. The van der Waals surface area contributed by atoms with E-state index in [9.17, 15) is 0 Å². The van der Waals surface area contributed by atoms with Crippen molar-refractivity contribution in [2.24, 2.45) is 0 Å². The number of benzene rings is 2. The van der Waals surface area contributed by atoms with E-state index in [0.717, 1.165) is 0 Å². The molecule has 0 aliphatic carbocycles. The molecule has 1 heterocycles. The number of rotatable bonds is 8. The van der Waals surface area contributed by atoms with Gasteiger partial charge in [-0.25, -0.2) is 0 Å². The van der Waals surface area contributed by atoms with Crippen LogP contribution in [-0.4, -0.2) is 20.0 Å². The van der Waals surface area contributed by atoms with E-state index in [1.54, 1.807) is 0 Å². The smallest absolute Gasteiger partial charge is 0.159 e. The average Bonchev–Trinajstić information content (AvgIpc) is 2.75. The Morgan fingerprint density at radius 3 is 0.921 bits per heavy atom. The van der Waals surface area contributed by atoms with Gasteiger partial charge in [-0.1, -0.05) is 91.8 Å². The Hall–Kier alpha value is -1.18. The first-order valence-corrected chi connectivity index (χ1v) is 17.0. The van der Waals surface area contributed by atoms with E-state index < -0.39 is 16.7 Å². The maximum Gasteiger partial charge on any atom is 0.159 e. The fraction of sp³-hybridized carbons (Fsp3) is 0.625. The van der Waals surface area contributed by atoms with Crippen LogP contribution in [0.4, 0.5) is 11.4 Å². The molecule has 0 atom stereocenters. The second kappa shape index (κ2) is 11.7. The lowest BCUT2D eigenvalue weighted by Gasteiger charge is -2.64. The molecule has 0 radical (unpaired) electrons. The minimum atomic E-state index is -0.761. The second-order valence-corrected chi connectivity index (χ2v) is 17.8. The summed E-state index contributed by atoms with van der Waals surface area (Å²) in [7, 11) is -1.52. The van der Waals surface area contributed by atoms with Crippen molar-refractivity contribution < 1.29 is 0 Å². The molecule has 0 saturated carbocycles. The molecule has 0 unspecified atom stereocenters. The molecule has 1 aliphatic rings. The molecule has 1 saturated heterocycles. The Balaban J connectivity index is 2.14. The summed E-state index contributed by atoms with van der Waals surface area (Å²) < 4.78 is 5.51. The van der Waals surface area contributed by atoms with Crippen molar-refractivity contribution in [2.75, 3.05) is 10.2 Å². The topological polar surface area (TPSA) is 30.5 Å². The van der Waals surface area contributed by atoms with Crippen molar-refractivity contribution in [3.8, 4) is 0 Å². The monoisotopic (exact) mass is 556 g/mol. The van der Waals surface area contributed by atoms with Gasteiger partial charge < -0.3 is 10.2 Å². The van der Waals surface area contributed by atoms with Crippen LogP contribution in [-0.2, 0) is 0 Å². The molecular formula is C32H54N4P2. The van der Waals surface area contributed by atoms with Crippen LogP contribution in [0.5, 0.6) is 0 Å². The fourth-order valence-corrected chi connectivity index (χ4v) is 11.3. The molecule has 2 aromatic rings. The Labute approximate surface area is 237 Å². The lowest BCUT2D eigenvalue weighted by atomic mass is 9.93. The van der Waals surface area contributed by atoms with Crippen molar-refractivity contribution in [3.05, 3.63) is 58.7 Å². The molecular weight excluding hydrogens is 502 g/mol. The lowest BCUT2D eigenvalue weighted by molar-refractivity contribution is 0.286. The van der Waals surface area contributed by atoms with Crippen LogP contribution in [0.15, 0.2) is 36.4 Å². The molecule has 1 aliphatic heterocycles. The van der Waals surface area contributed by atoms with Gasteiger partial charge >= 0.3 is 0 Å². The molecule has 1 fully saturated rings. The quantitative estimate of drug-likeness (QED) is 0.317. The van der Waals surface area contributed by atoms with Gasteiger partial charge in [0.1, 0.15) is 0 Å². The molecule has 0 spiro atoms. The SMILES string of the molecule is CC(C)c1cccc(C(C)C)c1NP1N(C(C)(C)C)P(Nc2c(C(C)C)cccc2C(C)C)N1C(C)(C)C. The van der Waals surface area contributed by atoms with Crippen LogP contribution >= 0.6 is 16.7 Å². The summed E-state index contributed by atoms with van der Waals surface area (Å²) in [6.45, 7) is 32.7. The van der Waals surface area contributed by atoms with Crippen LogP contribution in [0, 0.1) is 0 Å². The zero-order valence-corrected chi connectivity index (χ0v) is 28.4. The number of nitrogens with one attached hydrogen (secondary N) is 2. The summed E-state index contributed by atoms with van der Waals surface area (Å²) in [5, 5.41) is 8.35. The van der Waals surface area contributed by atoms with Gasteiger partial charge in [0.05, 0.1) is 0 Å². The highest BCUT2D eigenvalue weighted by atomic mass is 31.3. The van der Waals surface area contributed by atoms with Crippen LogP contribution in [0.1, 0.15) is 143 Å². The van der Waals surface area contributed by atoms with Gasteiger partial charge in [-0.2, -0.15) is 8.88 Å². The van der Waals surface area contributed by atoms with E-state index in [0.29, 0.717) is 23.7 Å². The minimum absolute atomic E-state index is 0.00863. The van der Waals surface area contributed by atoms with E-state index in [2.05, 4.69) is 152 Å². The second-order valence-electron chi connectivity index (χ2n) is 14.0. The first-order valence-electron chi connectivity index (χ1n) is 14.5. The van der Waals surface area contributed by atoms with Crippen LogP contribution in [0.25, 0.3) is 0 Å². The molecule has 0 bridgehead atoms. The van der Waals surface area contributed by atoms with Crippen molar-refractivity contribution >= 4 is 28.1 Å². The summed E-state index contributed by atoms with van der Waals surface area (Å²) in [6, 6.07) is 13.7. The van der Waals surface area contributed by atoms with Crippen LogP contribution in [0.2, 0.25) is 0 Å². The Bertz CT molecular complexity index is 948. The number of nitrogens with zero attached hydrogens (tertiary/aromatic N) is 2. The largest absolute Gasteiger partial charge is 0.339 e. The highest BCUT2D eigenvalue weighted by molar-refractivity contribution is 7.84. The number of anilines is 2. The summed E-state index contributed by atoms with van der Waals surface area (Å²) in [4.78, 5) is 0. The number of hydrogen-bond acceptors (Lipinski definition) is 4. The number of para-hydroxylation sites is 2. The molecule has 4 nitrogen and oxygen atoms in total. The third-order valence-corrected chi connectivity index (χ3v) is 13.8. The summed E-state index contributed by atoms with van der Waals surface area (Å²) in [5.41, 5.74) is 8.36. The van der Waals surface area contributed by atoms with E-state index in [4.69, 9.17) is 0 Å². The first kappa shape index (κ1) is 31.3. The van der Waals surface area contributed by atoms with Gasteiger partial charge in [0.25, 0.3) is 0 Å². The maximum absolute atomic E-state index is 4.17. The van der Waals surface area contributed by atoms with E-state index in [1.165, 1.54) is 33.6 Å². The predicted octanol–water partition coefficient (Wildman–Crippen LogP) is 11.4. The van der Waals surface area contributed by atoms with Gasteiger partial charge in [-0.05, 0) is 87.5 Å². The van der Waals surface area contributed by atoms with E-state index in [-0.39, 0.29) is 11.1 Å². The van der Waals surface area contributed by atoms with Gasteiger partial charge in [0, 0.05) is 22.5 Å². The van der Waals surface area contributed by atoms with Gasteiger partial charge in [0.2, 0.25) is 0 Å². The van der Waals surface area contributed by atoms with Crippen molar-refractivity contribution in [3.63, 3.8) is 0 Å². The Morgan fingerprint density at radius 2 is 0.737 bits per heavy atom. The fourth-order valence-electron chi connectivity index (χ4n) is 5.18. The Kier molecular flexibility index (Phi) is 9.69. The molecule has 0 aromatic heterocycles. The van der Waals surface area contributed by atoms with Gasteiger partial charge in [-0.15, -0.1) is 0 Å². The lowest BCUT2D eigenvalue weighted by Crippen LogP contribution is -2.55. The maximum atomic E-state index is 4.17. The van der Waals surface area contributed by atoms with E-state index >= 15 is 0 Å². The molecule has 6 heteroatoms. The Morgan fingerprint density at radius 1 is 0.500 bits per heavy atom. The third-order valence-electron chi connectivity index (χ3n) is 7.09. The molecule has 3 rings (SSSR count). The van der Waals surface area contributed by atoms with Crippen molar-refractivity contribution in [1.82, 2.24) is 8.88 Å². The zero-order chi connectivity index (χ0) is 28.7. The van der Waals surface area contributed by atoms with Crippen molar-refractivity contribution in [2.45, 2.75) is 132 Å². The van der Waals surface area contributed by atoms with Gasteiger partial charge in [0.15, 0.2) is 16.7 Å².